The molecule has 0 bridgehead atoms. The van der Waals surface area contributed by atoms with Crippen LogP contribution in [-0.4, -0.2) is 23.1 Å². The average molecular weight is 347 g/mol. The lowest BCUT2D eigenvalue weighted by Crippen LogP contribution is -2.33. The molecular weight excluding hydrogens is 334 g/mol. The van der Waals surface area contributed by atoms with Crippen LogP contribution >= 0.6 is 12.2 Å². The summed E-state index contributed by atoms with van der Waals surface area (Å²) in [6.07, 6.45) is 2.66. The number of furan rings is 1. The Morgan fingerprint density at radius 3 is 2.79 bits per heavy atom. The SMILES string of the molecule is COc1cc([N+](=O)[O-])ccc1-c1ccc(/C=C/C(=O)NC(N)=S)o1. The zero-order valence-electron chi connectivity index (χ0n) is 12.5. The molecule has 0 aliphatic heterocycles. The minimum Gasteiger partial charge on any atom is -0.496 e. The van der Waals surface area contributed by atoms with E-state index < -0.39 is 10.8 Å². The normalized spacial score (nSPS) is 10.5. The molecular formula is C15H13N3O5S. The molecule has 0 fully saturated rings. The Bertz CT molecular complexity index is 828. The van der Waals surface area contributed by atoms with Gasteiger partial charge in [-0.15, -0.1) is 0 Å². The molecule has 124 valence electrons. The number of methoxy groups -OCH3 is 1. The van der Waals surface area contributed by atoms with Crippen LogP contribution in [0.4, 0.5) is 5.69 Å². The summed E-state index contributed by atoms with van der Waals surface area (Å²) in [4.78, 5) is 21.7. The summed E-state index contributed by atoms with van der Waals surface area (Å²) < 4.78 is 10.8. The number of ether oxygens (including phenoxy) is 1. The smallest absolute Gasteiger partial charge is 0.273 e. The average Bonchev–Trinajstić information content (AvgIpc) is 3.00. The summed E-state index contributed by atoms with van der Waals surface area (Å²) in [7, 11) is 1.41. The zero-order valence-corrected chi connectivity index (χ0v) is 13.3. The van der Waals surface area contributed by atoms with Crippen LogP contribution in [0, 0.1) is 10.1 Å². The minimum absolute atomic E-state index is 0.0864. The van der Waals surface area contributed by atoms with Crippen LogP contribution in [-0.2, 0) is 4.79 Å². The van der Waals surface area contributed by atoms with Gasteiger partial charge in [0.15, 0.2) is 5.11 Å². The lowest BCUT2D eigenvalue weighted by Gasteiger charge is -2.05. The van der Waals surface area contributed by atoms with Crippen molar-refractivity contribution in [3.05, 3.63) is 52.3 Å². The molecule has 24 heavy (non-hydrogen) atoms. The van der Waals surface area contributed by atoms with Crippen LogP contribution < -0.4 is 15.8 Å². The number of nitrogens with one attached hydrogen (secondary N) is 1. The second-order valence-corrected chi connectivity index (χ2v) is 4.97. The first-order valence-electron chi connectivity index (χ1n) is 6.62. The molecule has 0 unspecified atom stereocenters. The van der Waals surface area contributed by atoms with Gasteiger partial charge in [0, 0.05) is 12.1 Å². The number of thiocarbonyl (C=S) groups is 1. The number of benzene rings is 1. The molecule has 9 heteroatoms. The largest absolute Gasteiger partial charge is 0.496 e. The maximum absolute atomic E-state index is 11.4. The van der Waals surface area contributed by atoms with Crippen molar-refractivity contribution < 1.29 is 18.9 Å². The molecule has 1 heterocycles. The third-order valence-electron chi connectivity index (χ3n) is 2.93. The van der Waals surface area contributed by atoms with Gasteiger partial charge in [0.2, 0.25) is 5.91 Å². The van der Waals surface area contributed by atoms with Crippen molar-refractivity contribution in [1.82, 2.24) is 5.32 Å². The number of nitrogens with two attached hydrogens (primary N) is 1. The fraction of sp³-hybridized carbons (Fsp3) is 0.0667. The van der Waals surface area contributed by atoms with E-state index in [0.29, 0.717) is 22.8 Å². The molecule has 1 amide bonds. The molecule has 0 spiro atoms. The summed E-state index contributed by atoms with van der Waals surface area (Å²) in [5.74, 6) is 0.674. The maximum atomic E-state index is 11.4. The molecule has 0 saturated heterocycles. The van der Waals surface area contributed by atoms with Crippen LogP contribution in [0.2, 0.25) is 0 Å². The first kappa shape index (κ1) is 17.2. The van der Waals surface area contributed by atoms with Crippen molar-refractivity contribution in [3.8, 4) is 17.1 Å². The van der Waals surface area contributed by atoms with Crippen LogP contribution in [0.5, 0.6) is 5.75 Å². The highest BCUT2D eigenvalue weighted by molar-refractivity contribution is 7.80. The van der Waals surface area contributed by atoms with E-state index in [1.54, 1.807) is 12.1 Å². The Balaban J connectivity index is 2.24. The summed E-state index contributed by atoms with van der Waals surface area (Å²) in [6, 6.07) is 7.49. The molecule has 1 aromatic carbocycles. The van der Waals surface area contributed by atoms with E-state index in [4.69, 9.17) is 14.9 Å². The highest BCUT2D eigenvalue weighted by Gasteiger charge is 2.15. The van der Waals surface area contributed by atoms with E-state index in [2.05, 4.69) is 17.5 Å². The van der Waals surface area contributed by atoms with Gasteiger partial charge in [0.25, 0.3) is 5.69 Å². The number of hydrogen-bond acceptors (Lipinski definition) is 6. The van der Waals surface area contributed by atoms with E-state index in [9.17, 15) is 14.9 Å². The highest BCUT2D eigenvalue weighted by Crippen LogP contribution is 2.34. The van der Waals surface area contributed by atoms with E-state index in [1.807, 2.05) is 0 Å². The number of non-ortho nitro benzene ring substituents is 1. The van der Waals surface area contributed by atoms with Gasteiger partial charge < -0.3 is 14.9 Å². The quantitative estimate of drug-likeness (QED) is 0.368. The van der Waals surface area contributed by atoms with Gasteiger partial charge >= 0.3 is 0 Å². The Hall–Kier alpha value is -3.20. The molecule has 2 rings (SSSR count). The molecule has 0 atom stereocenters. The fourth-order valence-corrected chi connectivity index (χ4v) is 2.01. The van der Waals surface area contributed by atoms with Gasteiger partial charge in [-0.3, -0.25) is 20.2 Å². The van der Waals surface area contributed by atoms with Gasteiger partial charge in [-0.1, -0.05) is 0 Å². The molecule has 0 saturated carbocycles. The van der Waals surface area contributed by atoms with E-state index in [1.165, 1.54) is 37.5 Å². The van der Waals surface area contributed by atoms with E-state index in [0.717, 1.165) is 0 Å². The van der Waals surface area contributed by atoms with Gasteiger partial charge in [0.05, 0.1) is 23.7 Å². The number of amides is 1. The van der Waals surface area contributed by atoms with Crippen molar-refractivity contribution in [3.63, 3.8) is 0 Å². The van der Waals surface area contributed by atoms with Gasteiger partial charge in [-0.2, -0.15) is 0 Å². The lowest BCUT2D eigenvalue weighted by molar-refractivity contribution is -0.384. The zero-order chi connectivity index (χ0) is 17.7. The fourth-order valence-electron chi connectivity index (χ4n) is 1.91. The number of carbonyl (C=O) groups is 1. The molecule has 0 aliphatic carbocycles. The summed E-state index contributed by atoms with van der Waals surface area (Å²) in [6.45, 7) is 0. The van der Waals surface area contributed by atoms with Crippen molar-refractivity contribution in [2.24, 2.45) is 5.73 Å². The van der Waals surface area contributed by atoms with Crippen LogP contribution in [0.15, 0.2) is 40.8 Å². The van der Waals surface area contributed by atoms with Gasteiger partial charge in [-0.05, 0) is 36.5 Å². The summed E-state index contributed by atoms with van der Waals surface area (Å²) in [5, 5.41) is 12.9. The minimum atomic E-state index is -0.511. The lowest BCUT2D eigenvalue weighted by atomic mass is 10.1. The predicted molar refractivity (Wildman–Crippen MR) is 91.3 cm³/mol. The highest BCUT2D eigenvalue weighted by atomic mass is 32.1. The molecule has 0 radical (unpaired) electrons. The maximum Gasteiger partial charge on any atom is 0.273 e. The van der Waals surface area contributed by atoms with E-state index >= 15 is 0 Å². The molecule has 3 N–H and O–H groups in total. The second kappa shape index (κ2) is 7.38. The third kappa shape index (κ3) is 4.17. The monoisotopic (exact) mass is 347 g/mol. The van der Waals surface area contributed by atoms with Gasteiger partial charge in [-0.25, -0.2) is 0 Å². The number of nitro groups is 1. The number of carbonyl (C=O) groups excluding carboxylic acids is 1. The Kier molecular flexibility index (Phi) is 5.27. The van der Waals surface area contributed by atoms with Crippen molar-refractivity contribution in [2.75, 3.05) is 7.11 Å². The van der Waals surface area contributed by atoms with E-state index in [-0.39, 0.29) is 10.8 Å². The predicted octanol–water partition coefficient (Wildman–Crippen LogP) is 2.24. The summed E-state index contributed by atoms with van der Waals surface area (Å²) >= 11 is 4.55. The number of nitro benzene ring substituents is 1. The molecule has 1 aromatic heterocycles. The molecule has 0 aliphatic rings. The third-order valence-corrected chi connectivity index (χ3v) is 3.04. The van der Waals surface area contributed by atoms with Crippen molar-refractivity contribution in [1.29, 1.82) is 0 Å². The Labute approximate surface area is 142 Å². The van der Waals surface area contributed by atoms with Gasteiger partial charge in [0.1, 0.15) is 17.3 Å². The van der Waals surface area contributed by atoms with Crippen molar-refractivity contribution >= 4 is 35.0 Å². The van der Waals surface area contributed by atoms with Crippen LogP contribution in [0.3, 0.4) is 0 Å². The first-order chi connectivity index (χ1) is 11.4. The van der Waals surface area contributed by atoms with Crippen molar-refractivity contribution in [2.45, 2.75) is 0 Å². The topological polar surface area (TPSA) is 121 Å². The second-order valence-electron chi connectivity index (χ2n) is 4.53. The first-order valence-corrected chi connectivity index (χ1v) is 7.02. The molecule has 2 aromatic rings. The number of nitrogens with zero attached hydrogens (tertiary/aromatic N) is 1. The van der Waals surface area contributed by atoms with Crippen LogP contribution in [0.25, 0.3) is 17.4 Å². The van der Waals surface area contributed by atoms with Crippen LogP contribution in [0.1, 0.15) is 5.76 Å². The Morgan fingerprint density at radius 2 is 2.17 bits per heavy atom. The standard InChI is InChI=1S/C15H13N3O5S/c1-22-13-8-9(18(20)21)2-5-11(13)12-6-3-10(23-12)4-7-14(19)17-15(16)24/h2-8H,1H3,(H3,16,17,19,24)/b7-4+. The number of rotatable bonds is 5. The number of hydrogen-bond donors (Lipinski definition) is 2. The molecule has 8 nitrogen and oxygen atoms in total. The Morgan fingerprint density at radius 1 is 1.42 bits per heavy atom. The summed E-state index contributed by atoms with van der Waals surface area (Å²) in [5.41, 5.74) is 5.65.